The highest BCUT2D eigenvalue weighted by Crippen LogP contribution is 2.31. The van der Waals surface area contributed by atoms with Gasteiger partial charge in [-0.1, -0.05) is 12.1 Å². The lowest BCUT2D eigenvalue weighted by Crippen LogP contribution is -2.29. The van der Waals surface area contributed by atoms with Gasteiger partial charge in [0.25, 0.3) is 0 Å². The summed E-state index contributed by atoms with van der Waals surface area (Å²) >= 11 is 3.46. The van der Waals surface area contributed by atoms with Crippen LogP contribution in [0.2, 0.25) is 0 Å². The summed E-state index contributed by atoms with van der Waals surface area (Å²) in [6.07, 6.45) is 4.90. The Labute approximate surface area is 117 Å². The van der Waals surface area contributed by atoms with E-state index in [1.807, 2.05) is 24.3 Å². The van der Waals surface area contributed by atoms with Crippen molar-refractivity contribution in [3.05, 3.63) is 58.8 Å². The summed E-state index contributed by atoms with van der Waals surface area (Å²) in [6.45, 7) is 0. The van der Waals surface area contributed by atoms with Gasteiger partial charge >= 0.3 is 0 Å². The minimum atomic E-state index is -0.326. The van der Waals surface area contributed by atoms with Gasteiger partial charge < -0.3 is 4.42 Å². The maximum Gasteiger partial charge on any atom is 0.148 e. The molecule has 1 unspecified atom stereocenters. The van der Waals surface area contributed by atoms with Gasteiger partial charge in [0, 0.05) is 17.8 Å². The second-order valence-electron chi connectivity index (χ2n) is 4.04. The standard InChI is InChI=1S/C13H11BrN4O/c14-9-3-1-2-8-6-11(19-13(8)9)12(18-15)10-7-16-4-5-17-10/h1-7,12,18H,15H2. The molecule has 0 aliphatic carbocycles. The molecule has 0 fully saturated rings. The Kier molecular flexibility index (Phi) is 3.29. The first-order chi connectivity index (χ1) is 9.29. The molecular weight excluding hydrogens is 308 g/mol. The molecule has 0 amide bonds. The van der Waals surface area contributed by atoms with Crippen molar-refractivity contribution < 1.29 is 4.42 Å². The van der Waals surface area contributed by atoms with Gasteiger partial charge in [-0.2, -0.15) is 0 Å². The monoisotopic (exact) mass is 318 g/mol. The number of benzene rings is 1. The fourth-order valence-electron chi connectivity index (χ4n) is 1.96. The zero-order valence-corrected chi connectivity index (χ0v) is 11.5. The third-order valence-corrected chi connectivity index (χ3v) is 3.47. The predicted octanol–water partition coefficient (Wildman–Crippen LogP) is 2.54. The van der Waals surface area contributed by atoms with Gasteiger partial charge in [0.15, 0.2) is 0 Å². The van der Waals surface area contributed by atoms with Crippen LogP contribution in [0.3, 0.4) is 0 Å². The SMILES string of the molecule is NNC(c1cnccn1)c1cc2cccc(Br)c2o1. The molecule has 6 heteroatoms. The summed E-state index contributed by atoms with van der Waals surface area (Å²) in [6, 6.07) is 7.49. The molecule has 0 bridgehead atoms. The average molecular weight is 319 g/mol. The van der Waals surface area contributed by atoms with Crippen LogP contribution in [0.15, 0.2) is 51.7 Å². The summed E-state index contributed by atoms with van der Waals surface area (Å²) in [5.74, 6) is 6.31. The minimum Gasteiger partial charge on any atom is -0.458 e. The van der Waals surface area contributed by atoms with E-state index >= 15 is 0 Å². The van der Waals surface area contributed by atoms with E-state index in [9.17, 15) is 0 Å². The molecule has 2 aromatic heterocycles. The molecule has 5 nitrogen and oxygen atoms in total. The van der Waals surface area contributed by atoms with Crippen LogP contribution in [0, 0.1) is 0 Å². The van der Waals surface area contributed by atoms with E-state index in [2.05, 4.69) is 31.3 Å². The van der Waals surface area contributed by atoms with Gasteiger partial charge in [-0.05, 0) is 28.1 Å². The predicted molar refractivity (Wildman–Crippen MR) is 75.1 cm³/mol. The number of nitrogens with two attached hydrogens (primary N) is 1. The number of aromatic nitrogens is 2. The zero-order chi connectivity index (χ0) is 13.2. The van der Waals surface area contributed by atoms with E-state index in [0.717, 1.165) is 15.4 Å². The van der Waals surface area contributed by atoms with Crippen LogP contribution in [0.5, 0.6) is 0 Å². The Bertz CT molecular complexity index is 698. The van der Waals surface area contributed by atoms with Crippen molar-refractivity contribution in [2.75, 3.05) is 0 Å². The van der Waals surface area contributed by atoms with Crippen LogP contribution in [-0.4, -0.2) is 9.97 Å². The first kappa shape index (κ1) is 12.3. The van der Waals surface area contributed by atoms with Crippen molar-refractivity contribution in [1.82, 2.24) is 15.4 Å². The highest BCUT2D eigenvalue weighted by molar-refractivity contribution is 9.10. The lowest BCUT2D eigenvalue weighted by molar-refractivity contribution is 0.469. The number of furan rings is 1. The molecule has 3 N–H and O–H groups in total. The molecule has 96 valence electrons. The summed E-state index contributed by atoms with van der Waals surface area (Å²) < 4.78 is 6.76. The number of hydrogen-bond donors (Lipinski definition) is 2. The molecule has 19 heavy (non-hydrogen) atoms. The van der Waals surface area contributed by atoms with Crippen molar-refractivity contribution in [2.45, 2.75) is 6.04 Å². The van der Waals surface area contributed by atoms with Gasteiger partial charge in [0.1, 0.15) is 17.4 Å². The van der Waals surface area contributed by atoms with Crippen LogP contribution in [0.1, 0.15) is 17.5 Å². The fraction of sp³-hybridized carbons (Fsp3) is 0.0769. The van der Waals surface area contributed by atoms with Crippen molar-refractivity contribution in [3.8, 4) is 0 Å². The molecule has 0 aliphatic rings. The van der Waals surface area contributed by atoms with Crippen LogP contribution in [0.25, 0.3) is 11.0 Å². The highest BCUT2D eigenvalue weighted by atomic mass is 79.9. The Hall–Kier alpha value is -1.76. The Morgan fingerprint density at radius 1 is 1.32 bits per heavy atom. The molecule has 3 rings (SSSR count). The van der Waals surface area contributed by atoms with Crippen molar-refractivity contribution in [2.24, 2.45) is 5.84 Å². The quantitative estimate of drug-likeness (QED) is 0.573. The van der Waals surface area contributed by atoms with E-state index < -0.39 is 0 Å². The fourth-order valence-corrected chi connectivity index (χ4v) is 2.43. The molecule has 0 saturated heterocycles. The normalized spacial score (nSPS) is 12.7. The molecule has 0 saturated carbocycles. The molecular formula is C13H11BrN4O. The van der Waals surface area contributed by atoms with Crippen LogP contribution < -0.4 is 11.3 Å². The largest absolute Gasteiger partial charge is 0.458 e. The molecule has 0 aliphatic heterocycles. The lowest BCUT2D eigenvalue weighted by atomic mass is 10.1. The van der Waals surface area contributed by atoms with Crippen LogP contribution >= 0.6 is 15.9 Å². The van der Waals surface area contributed by atoms with Crippen LogP contribution in [-0.2, 0) is 0 Å². The number of hydrazine groups is 1. The van der Waals surface area contributed by atoms with Gasteiger partial charge in [-0.15, -0.1) is 0 Å². The maximum absolute atomic E-state index is 5.85. The van der Waals surface area contributed by atoms with E-state index in [0.29, 0.717) is 11.5 Å². The molecule has 0 spiro atoms. The van der Waals surface area contributed by atoms with Gasteiger partial charge in [-0.3, -0.25) is 15.8 Å². The van der Waals surface area contributed by atoms with E-state index in [4.69, 9.17) is 10.3 Å². The summed E-state index contributed by atoms with van der Waals surface area (Å²) in [5.41, 5.74) is 4.21. The second-order valence-corrected chi connectivity index (χ2v) is 4.89. The van der Waals surface area contributed by atoms with Crippen molar-refractivity contribution in [3.63, 3.8) is 0 Å². The topological polar surface area (TPSA) is 77.0 Å². The van der Waals surface area contributed by atoms with E-state index in [1.165, 1.54) is 0 Å². The van der Waals surface area contributed by atoms with Crippen molar-refractivity contribution in [1.29, 1.82) is 0 Å². The highest BCUT2D eigenvalue weighted by Gasteiger charge is 2.19. The average Bonchev–Trinajstić information content (AvgIpc) is 2.86. The van der Waals surface area contributed by atoms with E-state index in [-0.39, 0.29) is 6.04 Å². The Morgan fingerprint density at radius 2 is 2.21 bits per heavy atom. The maximum atomic E-state index is 5.85. The molecule has 2 heterocycles. The van der Waals surface area contributed by atoms with E-state index in [1.54, 1.807) is 18.6 Å². The van der Waals surface area contributed by atoms with Gasteiger partial charge in [-0.25, -0.2) is 5.43 Å². The Balaban J connectivity index is 2.09. The first-order valence-corrected chi connectivity index (χ1v) is 6.49. The number of rotatable bonds is 3. The van der Waals surface area contributed by atoms with Crippen LogP contribution in [0.4, 0.5) is 0 Å². The third kappa shape index (κ3) is 2.25. The summed E-state index contributed by atoms with van der Waals surface area (Å²) in [4.78, 5) is 8.28. The molecule has 3 aromatic rings. The van der Waals surface area contributed by atoms with Crippen molar-refractivity contribution >= 4 is 26.9 Å². The smallest absolute Gasteiger partial charge is 0.148 e. The number of fused-ring (bicyclic) bond motifs is 1. The number of nitrogens with zero attached hydrogens (tertiary/aromatic N) is 2. The summed E-state index contributed by atoms with van der Waals surface area (Å²) in [5, 5.41) is 1.01. The summed E-state index contributed by atoms with van der Waals surface area (Å²) in [7, 11) is 0. The number of hydrogen-bond acceptors (Lipinski definition) is 5. The molecule has 1 atom stereocenters. The molecule has 0 radical (unpaired) electrons. The second kappa shape index (κ2) is 5.08. The first-order valence-electron chi connectivity index (χ1n) is 5.69. The Morgan fingerprint density at radius 3 is 2.89 bits per heavy atom. The lowest BCUT2D eigenvalue weighted by Gasteiger charge is -2.11. The number of nitrogens with one attached hydrogen (secondary N) is 1. The van der Waals surface area contributed by atoms with Gasteiger partial charge in [0.05, 0.1) is 16.4 Å². The van der Waals surface area contributed by atoms with Gasteiger partial charge in [0.2, 0.25) is 0 Å². The molecule has 1 aromatic carbocycles. The third-order valence-electron chi connectivity index (χ3n) is 2.85. The number of halogens is 1. The number of para-hydroxylation sites is 1. The minimum absolute atomic E-state index is 0.326. The zero-order valence-electron chi connectivity index (χ0n) is 9.88.